The van der Waals surface area contributed by atoms with E-state index in [9.17, 15) is 9.18 Å². The lowest BCUT2D eigenvalue weighted by atomic mass is 9.98. The first-order valence-corrected chi connectivity index (χ1v) is 7.05. The Morgan fingerprint density at radius 3 is 2.50 bits per heavy atom. The van der Waals surface area contributed by atoms with Crippen LogP contribution in [0.25, 0.3) is 0 Å². The molecule has 4 heteroatoms. The molecule has 0 aliphatic carbocycles. The van der Waals surface area contributed by atoms with Crippen LogP contribution in [0.2, 0.25) is 0 Å². The van der Waals surface area contributed by atoms with Crippen molar-refractivity contribution in [2.24, 2.45) is 5.41 Å². The maximum absolute atomic E-state index is 12.9. The second kappa shape index (κ2) is 7.18. The monoisotopic (exact) mass is 302 g/mol. The third kappa shape index (κ3) is 4.97. The van der Waals surface area contributed by atoms with Gasteiger partial charge in [0.25, 0.3) is 0 Å². The van der Waals surface area contributed by atoms with Crippen molar-refractivity contribution < 1.29 is 18.7 Å². The summed E-state index contributed by atoms with van der Waals surface area (Å²) >= 11 is 0. The van der Waals surface area contributed by atoms with Crippen LogP contribution in [0.1, 0.15) is 19.4 Å². The van der Waals surface area contributed by atoms with E-state index in [1.54, 1.807) is 12.1 Å². The number of hydrogen-bond acceptors (Lipinski definition) is 3. The fourth-order valence-corrected chi connectivity index (χ4v) is 1.80. The zero-order chi connectivity index (χ0) is 16.0. The normalized spacial score (nSPS) is 11.2. The van der Waals surface area contributed by atoms with Gasteiger partial charge in [-0.1, -0.05) is 26.0 Å². The average Bonchev–Trinajstić information content (AvgIpc) is 2.50. The van der Waals surface area contributed by atoms with Gasteiger partial charge in [-0.25, -0.2) is 4.39 Å². The first-order chi connectivity index (χ1) is 10.5. The third-order valence-electron chi connectivity index (χ3n) is 3.01. The summed E-state index contributed by atoms with van der Waals surface area (Å²) < 4.78 is 24.1. The van der Waals surface area contributed by atoms with Gasteiger partial charge >= 0.3 is 0 Å². The average molecular weight is 302 g/mol. The number of ether oxygens (including phenoxy) is 2. The number of hydrogen-bond donors (Lipinski definition) is 0. The van der Waals surface area contributed by atoms with Gasteiger partial charge in [-0.15, -0.1) is 0 Å². The molecule has 3 nitrogen and oxygen atoms in total. The lowest BCUT2D eigenvalue weighted by Gasteiger charge is -2.16. The molecule has 116 valence electrons. The van der Waals surface area contributed by atoms with Gasteiger partial charge in [0.1, 0.15) is 23.6 Å². The molecule has 0 aliphatic heterocycles. The highest BCUT2D eigenvalue weighted by Crippen LogP contribution is 2.23. The molecule has 0 N–H and O–H groups in total. The van der Waals surface area contributed by atoms with Crippen molar-refractivity contribution in [3.63, 3.8) is 0 Å². The number of aldehydes is 1. The van der Waals surface area contributed by atoms with Gasteiger partial charge in [-0.2, -0.15) is 0 Å². The number of halogens is 1. The molecule has 0 aliphatic rings. The summed E-state index contributed by atoms with van der Waals surface area (Å²) in [6.07, 6.45) is 0.890. The molecule has 22 heavy (non-hydrogen) atoms. The van der Waals surface area contributed by atoms with Crippen molar-refractivity contribution in [3.05, 3.63) is 59.9 Å². The van der Waals surface area contributed by atoms with E-state index in [1.165, 1.54) is 12.1 Å². The van der Waals surface area contributed by atoms with E-state index in [4.69, 9.17) is 9.47 Å². The predicted molar refractivity (Wildman–Crippen MR) is 82.4 cm³/mol. The van der Waals surface area contributed by atoms with Gasteiger partial charge in [0.05, 0.1) is 13.2 Å². The molecule has 0 saturated carbocycles. The number of carbonyl (C=O) groups is 1. The molecule has 2 aromatic carbocycles. The van der Waals surface area contributed by atoms with Crippen LogP contribution in [-0.4, -0.2) is 12.9 Å². The lowest BCUT2D eigenvalue weighted by molar-refractivity contribution is -0.117. The highest BCUT2D eigenvalue weighted by molar-refractivity contribution is 5.57. The summed E-state index contributed by atoms with van der Waals surface area (Å²) in [5.74, 6) is 0.927. The topological polar surface area (TPSA) is 35.5 Å². The van der Waals surface area contributed by atoms with Gasteiger partial charge in [-0.05, 0) is 42.0 Å². The van der Waals surface area contributed by atoms with Gasteiger partial charge in [-0.3, -0.25) is 0 Å². The van der Waals surface area contributed by atoms with Crippen LogP contribution in [0.4, 0.5) is 4.39 Å². The van der Waals surface area contributed by atoms with Gasteiger partial charge in [0.2, 0.25) is 0 Å². The molecule has 0 bridgehead atoms. The summed E-state index contributed by atoms with van der Waals surface area (Å²) in [5, 5.41) is 0. The molecule has 0 radical (unpaired) electrons. The maximum Gasteiger partial charge on any atom is 0.127 e. The molecular weight excluding hydrogens is 283 g/mol. The van der Waals surface area contributed by atoms with Crippen molar-refractivity contribution in [3.8, 4) is 11.5 Å². The highest BCUT2D eigenvalue weighted by atomic mass is 19.1. The minimum absolute atomic E-state index is 0.299. The molecule has 0 aromatic heterocycles. The zero-order valence-electron chi connectivity index (χ0n) is 12.7. The largest absolute Gasteiger partial charge is 0.457 e. The minimum atomic E-state index is -0.484. The van der Waals surface area contributed by atoms with E-state index < -0.39 is 5.41 Å². The summed E-state index contributed by atoms with van der Waals surface area (Å²) in [6.45, 7) is 4.42. The van der Waals surface area contributed by atoms with Gasteiger partial charge < -0.3 is 14.3 Å². The van der Waals surface area contributed by atoms with E-state index in [-0.39, 0.29) is 5.82 Å². The molecular formula is C18H19FO3. The first-order valence-electron chi connectivity index (χ1n) is 7.05. The Hall–Kier alpha value is -2.20. The Labute approximate surface area is 129 Å². The Bertz CT molecular complexity index is 620. The first kappa shape index (κ1) is 16.2. The van der Waals surface area contributed by atoms with E-state index >= 15 is 0 Å². The molecule has 0 amide bonds. The van der Waals surface area contributed by atoms with Crippen LogP contribution in [0.15, 0.2) is 48.5 Å². The molecule has 0 atom stereocenters. The number of benzene rings is 2. The van der Waals surface area contributed by atoms with Crippen LogP contribution in [0, 0.1) is 11.2 Å². The lowest BCUT2D eigenvalue weighted by Crippen LogP contribution is -2.20. The SMILES string of the molecule is CC(C)(C=O)COCc1cccc(Oc2ccc(F)cc2)c1. The number of rotatable bonds is 7. The smallest absolute Gasteiger partial charge is 0.127 e. The molecule has 0 spiro atoms. The summed E-state index contributed by atoms with van der Waals surface area (Å²) in [5.41, 5.74) is 0.462. The molecule has 2 aromatic rings. The van der Waals surface area contributed by atoms with Crippen molar-refractivity contribution in [1.29, 1.82) is 0 Å². The number of carbonyl (C=O) groups excluding carboxylic acids is 1. The van der Waals surface area contributed by atoms with E-state index in [2.05, 4.69) is 0 Å². The fourth-order valence-electron chi connectivity index (χ4n) is 1.80. The quantitative estimate of drug-likeness (QED) is 0.713. The third-order valence-corrected chi connectivity index (χ3v) is 3.01. The van der Waals surface area contributed by atoms with Crippen LogP contribution in [0.3, 0.4) is 0 Å². The van der Waals surface area contributed by atoms with Gasteiger partial charge in [0, 0.05) is 5.41 Å². The van der Waals surface area contributed by atoms with Gasteiger partial charge in [0.15, 0.2) is 0 Å². The Morgan fingerprint density at radius 1 is 1.09 bits per heavy atom. The Morgan fingerprint density at radius 2 is 1.82 bits per heavy atom. The van der Waals surface area contributed by atoms with E-state index in [0.717, 1.165) is 11.8 Å². The summed E-state index contributed by atoms with van der Waals surface area (Å²) in [7, 11) is 0. The Kier molecular flexibility index (Phi) is 5.28. The van der Waals surface area contributed by atoms with Crippen molar-refractivity contribution in [1.82, 2.24) is 0 Å². The van der Waals surface area contributed by atoms with E-state index in [0.29, 0.717) is 24.7 Å². The predicted octanol–water partition coefficient (Wildman–Crippen LogP) is 4.36. The molecule has 0 unspecified atom stereocenters. The highest BCUT2D eigenvalue weighted by Gasteiger charge is 2.16. The van der Waals surface area contributed by atoms with Crippen LogP contribution in [0.5, 0.6) is 11.5 Å². The van der Waals surface area contributed by atoms with Crippen LogP contribution in [-0.2, 0) is 16.1 Å². The second-order valence-electron chi connectivity index (χ2n) is 5.80. The molecule has 0 heterocycles. The summed E-state index contributed by atoms with van der Waals surface area (Å²) in [4.78, 5) is 10.8. The molecule has 2 rings (SSSR count). The van der Waals surface area contributed by atoms with Crippen molar-refractivity contribution in [2.45, 2.75) is 20.5 Å². The standard InChI is InChI=1S/C18H19FO3/c1-18(2,12-20)13-21-11-14-4-3-5-17(10-14)22-16-8-6-15(19)7-9-16/h3-10,12H,11,13H2,1-2H3. The summed E-state index contributed by atoms with van der Waals surface area (Å²) in [6, 6.07) is 13.3. The van der Waals surface area contributed by atoms with Crippen molar-refractivity contribution >= 4 is 6.29 Å². The second-order valence-corrected chi connectivity index (χ2v) is 5.80. The molecule has 0 fully saturated rings. The van der Waals surface area contributed by atoms with E-state index in [1.807, 2.05) is 38.1 Å². The minimum Gasteiger partial charge on any atom is -0.457 e. The van der Waals surface area contributed by atoms with Crippen LogP contribution >= 0.6 is 0 Å². The Balaban J connectivity index is 1.95. The van der Waals surface area contributed by atoms with Crippen LogP contribution < -0.4 is 4.74 Å². The maximum atomic E-state index is 12.9. The zero-order valence-corrected chi connectivity index (χ0v) is 12.7. The fraction of sp³-hybridized carbons (Fsp3) is 0.278. The van der Waals surface area contributed by atoms with Crippen molar-refractivity contribution in [2.75, 3.05) is 6.61 Å². The molecule has 0 saturated heterocycles.